The summed E-state index contributed by atoms with van der Waals surface area (Å²) in [5.74, 6) is -0.0871. The molecule has 0 unspecified atom stereocenters. The number of Topliss-reactive ketones (excluding diaryl/α,β-unsaturated/α-hetero) is 1. The molecule has 0 aromatic heterocycles. The standard InChI is InChI=1S/C29H22N2O2S/c1-21(32)27-30-31(24-17-9-4-10-18-24)29(33-27)26-20-12-11-19-25(26)28(34-29,22-13-5-2-6-14-22)23-15-7-3-8-16-23/h2-20H,1H3/t29-/m0/s1. The zero-order valence-electron chi connectivity index (χ0n) is 18.6. The van der Waals surface area contributed by atoms with Gasteiger partial charge in [-0.2, -0.15) is 0 Å². The molecule has 0 saturated heterocycles. The fourth-order valence-electron chi connectivity index (χ4n) is 4.85. The van der Waals surface area contributed by atoms with E-state index in [1.54, 1.807) is 11.8 Å². The normalized spacial score (nSPS) is 20.0. The average molecular weight is 463 g/mol. The number of nitrogens with zero attached hydrogens (tertiary/aromatic N) is 2. The number of fused-ring (bicyclic) bond motifs is 2. The maximum Gasteiger partial charge on any atom is 0.281 e. The van der Waals surface area contributed by atoms with Gasteiger partial charge in [0.15, 0.2) is 0 Å². The number of rotatable bonds is 4. The van der Waals surface area contributed by atoms with Crippen molar-refractivity contribution >= 4 is 29.1 Å². The van der Waals surface area contributed by atoms with Crippen LogP contribution in [-0.2, 0) is 19.3 Å². The van der Waals surface area contributed by atoms with Crippen LogP contribution in [0.1, 0.15) is 29.2 Å². The zero-order valence-corrected chi connectivity index (χ0v) is 19.4. The van der Waals surface area contributed by atoms with Crippen molar-refractivity contribution in [2.75, 3.05) is 5.01 Å². The highest BCUT2D eigenvalue weighted by atomic mass is 32.2. The van der Waals surface area contributed by atoms with Crippen LogP contribution in [0.5, 0.6) is 0 Å². The topological polar surface area (TPSA) is 41.9 Å². The van der Waals surface area contributed by atoms with E-state index in [-0.39, 0.29) is 11.7 Å². The first-order valence-corrected chi connectivity index (χ1v) is 12.0. The highest BCUT2D eigenvalue weighted by Crippen LogP contribution is 2.66. The molecule has 6 rings (SSSR count). The second kappa shape index (κ2) is 7.89. The van der Waals surface area contributed by atoms with Gasteiger partial charge in [0.2, 0.25) is 5.78 Å². The number of ether oxygens (including phenoxy) is 1. The van der Waals surface area contributed by atoms with Gasteiger partial charge in [-0.3, -0.25) is 4.79 Å². The molecule has 0 radical (unpaired) electrons. The summed E-state index contributed by atoms with van der Waals surface area (Å²) in [6.07, 6.45) is 0. The fourth-order valence-corrected chi connectivity index (χ4v) is 6.70. The smallest absolute Gasteiger partial charge is 0.281 e. The lowest BCUT2D eigenvalue weighted by molar-refractivity contribution is -0.112. The predicted molar refractivity (Wildman–Crippen MR) is 137 cm³/mol. The van der Waals surface area contributed by atoms with Gasteiger partial charge >= 0.3 is 0 Å². The summed E-state index contributed by atoms with van der Waals surface area (Å²) >= 11 is 1.66. The van der Waals surface area contributed by atoms with Crippen LogP contribution in [-0.4, -0.2) is 11.7 Å². The summed E-state index contributed by atoms with van der Waals surface area (Å²) in [6.45, 7) is 1.49. The van der Waals surface area contributed by atoms with Gasteiger partial charge in [0.1, 0.15) is 0 Å². The zero-order chi connectivity index (χ0) is 23.2. The number of para-hydroxylation sites is 1. The number of thioether (sulfide) groups is 1. The van der Waals surface area contributed by atoms with Gasteiger partial charge in [-0.15, -0.1) is 5.10 Å². The first kappa shape index (κ1) is 20.8. The van der Waals surface area contributed by atoms with Crippen molar-refractivity contribution in [3.8, 4) is 0 Å². The van der Waals surface area contributed by atoms with E-state index in [2.05, 4.69) is 66.7 Å². The van der Waals surface area contributed by atoms with Crippen LogP contribution >= 0.6 is 11.8 Å². The second-order valence-corrected chi connectivity index (χ2v) is 9.72. The van der Waals surface area contributed by atoms with E-state index in [1.807, 2.05) is 53.5 Å². The average Bonchev–Trinajstić information content (AvgIpc) is 3.43. The number of hydrazone groups is 1. The quantitative estimate of drug-likeness (QED) is 0.358. The molecule has 2 heterocycles. The van der Waals surface area contributed by atoms with Crippen LogP contribution in [0.15, 0.2) is 120 Å². The molecule has 1 spiro atoms. The fraction of sp³-hybridized carbons (Fsp3) is 0.103. The number of hydrogen-bond acceptors (Lipinski definition) is 5. The number of carbonyl (C=O) groups excluding carboxylic acids is 1. The van der Waals surface area contributed by atoms with Crippen molar-refractivity contribution < 1.29 is 9.53 Å². The lowest BCUT2D eigenvalue weighted by Gasteiger charge is -2.36. The Labute approximate surface area is 202 Å². The predicted octanol–water partition coefficient (Wildman–Crippen LogP) is 6.27. The Bertz CT molecular complexity index is 1350. The maximum absolute atomic E-state index is 12.5. The van der Waals surface area contributed by atoms with Crippen LogP contribution in [0, 0.1) is 0 Å². The van der Waals surface area contributed by atoms with Gasteiger partial charge < -0.3 is 4.74 Å². The Kier molecular flexibility index (Phi) is 4.82. The van der Waals surface area contributed by atoms with Crippen molar-refractivity contribution in [3.05, 3.63) is 138 Å². The number of anilines is 1. The van der Waals surface area contributed by atoms with Crippen molar-refractivity contribution in [1.82, 2.24) is 0 Å². The summed E-state index contributed by atoms with van der Waals surface area (Å²) < 4.78 is 5.99. The monoisotopic (exact) mass is 462 g/mol. The molecule has 166 valence electrons. The van der Waals surface area contributed by atoms with Gasteiger partial charge in [-0.05, 0) is 28.8 Å². The minimum absolute atomic E-state index is 0.114. The number of benzene rings is 4. The molecule has 4 aromatic rings. The number of ketones is 1. The highest BCUT2D eigenvalue weighted by Gasteiger charge is 2.62. The Morgan fingerprint density at radius 3 is 1.79 bits per heavy atom. The van der Waals surface area contributed by atoms with E-state index in [0.29, 0.717) is 0 Å². The van der Waals surface area contributed by atoms with Crippen LogP contribution in [0.3, 0.4) is 0 Å². The lowest BCUT2D eigenvalue weighted by atomic mass is 9.82. The Morgan fingerprint density at radius 1 is 0.735 bits per heavy atom. The van der Waals surface area contributed by atoms with Crippen molar-refractivity contribution in [2.24, 2.45) is 5.10 Å². The summed E-state index contributed by atoms with van der Waals surface area (Å²) in [5.41, 5.74) is 5.25. The molecule has 0 fully saturated rings. The van der Waals surface area contributed by atoms with Gasteiger partial charge in [-0.25, -0.2) is 5.01 Å². The molecule has 0 aliphatic carbocycles. The molecule has 5 heteroatoms. The Balaban J connectivity index is 1.65. The Morgan fingerprint density at radius 2 is 1.24 bits per heavy atom. The summed E-state index contributed by atoms with van der Waals surface area (Å²) in [7, 11) is 0. The van der Waals surface area contributed by atoms with Crippen molar-refractivity contribution in [2.45, 2.75) is 16.7 Å². The van der Waals surface area contributed by atoms with Crippen LogP contribution in [0.25, 0.3) is 0 Å². The van der Waals surface area contributed by atoms with Crippen LogP contribution in [0.4, 0.5) is 5.69 Å². The summed E-state index contributed by atoms with van der Waals surface area (Å²) in [6, 6.07) is 39.2. The van der Waals surface area contributed by atoms with Gasteiger partial charge in [0, 0.05) is 12.5 Å². The van der Waals surface area contributed by atoms with Crippen molar-refractivity contribution in [1.29, 1.82) is 0 Å². The first-order chi connectivity index (χ1) is 16.6. The van der Waals surface area contributed by atoms with Gasteiger partial charge in [0.05, 0.1) is 10.4 Å². The largest absolute Gasteiger partial charge is 0.431 e. The lowest BCUT2D eigenvalue weighted by Crippen LogP contribution is -2.38. The third kappa shape index (κ3) is 2.94. The van der Waals surface area contributed by atoms with Crippen LogP contribution in [0.2, 0.25) is 0 Å². The van der Waals surface area contributed by atoms with E-state index >= 15 is 0 Å². The summed E-state index contributed by atoms with van der Waals surface area (Å²) in [4.78, 5) is 12.5. The number of hydrogen-bond donors (Lipinski definition) is 0. The van der Waals surface area contributed by atoms with Gasteiger partial charge in [-0.1, -0.05) is 115 Å². The second-order valence-electron chi connectivity index (χ2n) is 8.35. The maximum atomic E-state index is 12.5. The minimum Gasteiger partial charge on any atom is -0.431 e. The van der Waals surface area contributed by atoms with Crippen molar-refractivity contribution in [3.63, 3.8) is 0 Å². The molecule has 1 atom stereocenters. The molecule has 2 aliphatic rings. The minimum atomic E-state index is -1.04. The molecular weight excluding hydrogens is 440 g/mol. The van der Waals surface area contributed by atoms with Crippen LogP contribution < -0.4 is 5.01 Å². The molecule has 4 aromatic carbocycles. The molecule has 0 N–H and O–H groups in total. The molecule has 2 aliphatic heterocycles. The molecule has 0 saturated carbocycles. The third-order valence-corrected chi connectivity index (χ3v) is 8.06. The third-order valence-electron chi connectivity index (χ3n) is 6.31. The van der Waals surface area contributed by atoms with E-state index in [4.69, 9.17) is 9.84 Å². The molecule has 0 bridgehead atoms. The van der Waals surface area contributed by atoms with Gasteiger partial charge in [0.25, 0.3) is 11.0 Å². The molecule has 34 heavy (non-hydrogen) atoms. The van der Waals surface area contributed by atoms with E-state index in [1.165, 1.54) is 6.92 Å². The SMILES string of the molecule is CC(=O)C1=NN(c2ccccc2)[C@@]2(O1)SC(c1ccccc1)(c1ccccc1)c1ccccc12. The molecule has 4 nitrogen and oxygen atoms in total. The van der Waals surface area contributed by atoms with E-state index in [9.17, 15) is 4.79 Å². The highest BCUT2D eigenvalue weighted by molar-refractivity contribution is 8.01. The first-order valence-electron chi connectivity index (χ1n) is 11.2. The molecular formula is C29H22N2O2S. The van der Waals surface area contributed by atoms with E-state index in [0.717, 1.165) is 27.9 Å². The summed E-state index contributed by atoms with van der Waals surface area (Å²) in [5, 5.41) is 5.53. The number of carbonyl (C=O) groups is 1. The molecule has 0 amide bonds. The Hall–Kier alpha value is -3.83. The van der Waals surface area contributed by atoms with E-state index < -0.39 is 9.80 Å².